The van der Waals surface area contributed by atoms with Crippen LogP contribution in [0.4, 0.5) is 6.01 Å². The molecule has 0 atom stereocenters. The zero-order valence-corrected chi connectivity index (χ0v) is 8.82. The third-order valence-corrected chi connectivity index (χ3v) is 2.64. The van der Waals surface area contributed by atoms with E-state index in [4.69, 9.17) is 10.2 Å². The molecular weight excluding hydrogens is 202 g/mol. The number of benzene rings is 1. The van der Waals surface area contributed by atoms with Crippen molar-refractivity contribution in [2.75, 3.05) is 5.73 Å². The lowest BCUT2D eigenvalue weighted by atomic mass is 10.1. The summed E-state index contributed by atoms with van der Waals surface area (Å²) in [5.41, 5.74) is 9.55. The predicted octanol–water partition coefficient (Wildman–Crippen LogP) is 2.71. The molecule has 0 aliphatic heterocycles. The van der Waals surface area contributed by atoms with E-state index in [1.165, 1.54) is 5.56 Å². The number of fused-ring (bicyclic) bond motifs is 1. The van der Waals surface area contributed by atoms with Gasteiger partial charge in [0.15, 0.2) is 0 Å². The Morgan fingerprint density at radius 2 is 2.25 bits per heavy atom. The van der Waals surface area contributed by atoms with Crippen LogP contribution in [0.25, 0.3) is 22.2 Å². The van der Waals surface area contributed by atoms with Gasteiger partial charge in [0.1, 0.15) is 12.0 Å². The molecule has 80 valence electrons. The summed E-state index contributed by atoms with van der Waals surface area (Å²) in [4.78, 5) is 7.33. The molecule has 2 heterocycles. The van der Waals surface area contributed by atoms with Crippen molar-refractivity contribution in [3.8, 4) is 11.3 Å². The highest BCUT2D eigenvalue weighted by molar-refractivity contribution is 5.94. The number of oxazole rings is 1. The Morgan fingerprint density at radius 1 is 1.38 bits per heavy atom. The first kappa shape index (κ1) is 9.03. The van der Waals surface area contributed by atoms with Crippen LogP contribution in [0.1, 0.15) is 5.56 Å². The predicted molar refractivity (Wildman–Crippen MR) is 62.9 cm³/mol. The maximum absolute atomic E-state index is 5.46. The Bertz CT molecular complexity index is 651. The Hall–Kier alpha value is -2.23. The summed E-state index contributed by atoms with van der Waals surface area (Å²) in [5, 5.41) is 1.12. The molecular formula is C12H11N3O. The van der Waals surface area contributed by atoms with Gasteiger partial charge in [-0.25, -0.2) is 0 Å². The summed E-state index contributed by atoms with van der Waals surface area (Å²) in [6.45, 7) is 2.06. The van der Waals surface area contributed by atoms with Crippen LogP contribution >= 0.6 is 0 Å². The monoisotopic (exact) mass is 213 g/mol. The molecule has 2 aromatic heterocycles. The summed E-state index contributed by atoms with van der Waals surface area (Å²) in [6.07, 6.45) is 3.49. The van der Waals surface area contributed by atoms with Gasteiger partial charge in [-0.1, -0.05) is 12.1 Å². The number of hydrogen-bond acceptors (Lipinski definition) is 3. The van der Waals surface area contributed by atoms with Gasteiger partial charge in [-0.2, -0.15) is 4.98 Å². The molecule has 16 heavy (non-hydrogen) atoms. The molecule has 4 heteroatoms. The average molecular weight is 213 g/mol. The molecule has 0 aliphatic rings. The summed E-state index contributed by atoms with van der Waals surface area (Å²) in [5.74, 6) is 0. The number of hydrogen-bond donors (Lipinski definition) is 2. The highest BCUT2D eigenvalue weighted by atomic mass is 16.4. The summed E-state index contributed by atoms with van der Waals surface area (Å²) in [6, 6.07) is 6.43. The Balaban J connectivity index is 2.25. The van der Waals surface area contributed by atoms with Gasteiger partial charge in [0.25, 0.3) is 6.01 Å². The highest BCUT2D eigenvalue weighted by Gasteiger charge is 2.09. The van der Waals surface area contributed by atoms with Crippen LogP contribution in [0.2, 0.25) is 0 Å². The zero-order chi connectivity index (χ0) is 11.1. The fraction of sp³-hybridized carbons (Fsp3) is 0.0833. The van der Waals surface area contributed by atoms with E-state index in [1.54, 1.807) is 6.26 Å². The number of aromatic amines is 1. The van der Waals surface area contributed by atoms with E-state index in [0.717, 1.165) is 22.2 Å². The van der Waals surface area contributed by atoms with Gasteiger partial charge in [0.2, 0.25) is 0 Å². The standard InChI is InChI=1S/C12H11N3O/c1-7-2-3-8-9(5-14-10(8)4-7)11-6-16-12(13)15-11/h2-6,14H,1H3,(H2,13,15). The summed E-state index contributed by atoms with van der Waals surface area (Å²) in [7, 11) is 0. The largest absolute Gasteiger partial charge is 0.432 e. The van der Waals surface area contributed by atoms with Crippen molar-refractivity contribution in [1.29, 1.82) is 0 Å². The Labute approximate surface area is 92.1 Å². The van der Waals surface area contributed by atoms with Gasteiger partial charge in [0.05, 0.1) is 0 Å². The van der Waals surface area contributed by atoms with Gasteiger partial charge in [-0.3, -0.25) is 0 Å². The Morgan fingerprint density at radius 3 is 3.00 bits per heavy atom. The van der Waals surface area contributed by atoms with Crippen LogP contribution < -0.4 is 5.73 Å². The second-order valence-electron chi connectivity index (χ2n) is 3.82. The molecule has 0 bridgehead atoms. The van der Waals surface area contributed by atoms with Crippen molar-refractivity contribution >= 4 is 16.9 Å². The summed E-state index contributed by atoms with van der Waals surface area (Å²) < 4.78 is 5.01. The lowest BCUT2D eigenvalue weighted by Crippen LogP contribution is -1.82. The van der Waals surface area contributed by atoms with Crippen molar-refractivity contribution in [1.82, 2.24) is 9.97 Å². The molecule has 0 radical (unpaired) electrons. The fourth-order valence-corrected chi connectivity index (χ4v) is 1.86. The van der Waals surface area contributed by atoms with Crippen molar-refractivity contribution in [2.24, 2.45) is 0 Å². The molecule has 0 aliphatic carbocycles. The first-order chi connectivity index (χ1) is 7.74. The van der Waals surface area contributed by atoms with E-state index in [9.17, 15) is 0 Å². The molecule has 3 rings (SSSR count). The minimum atomic E-state index is 0.191. The molecule has 1 aromatic carbocycles. The Kier molecular flexibility index (Phi) is 1.77. The number of aromatic nitrogens is 2. The smallest absolute Gasteiger partial charge is 0.292 e. The topological polar surface area (TPSA) is 67.8 Å². The molecule has 0 saturated carbocycles. The number of nitrogens with two attached hydrogens (primary N) is 1. The van der Waals surface area contributed by atoms with E-state index < -0.39 is 0 Å². The zero-order valence-electron chi connectivity index (χ0n) is 8.82. The van der Waals surface area contributed by atoms with E-state index in [-0.39, 0.29) is 6.01 Å². The molecule has 0 spiro atoms. The van der Waals surface area contributed by atoms with Crippen LogP contribution in [-0.4, -0.2) is 9.97 Å². The second-order valence-corrected chi connectivity index (χ2v) is 3.82. The molecule has 0 unspecified atom stereocenters. The fourth-order valence-electron chi connectivity index (χ4n) is 1.86. The van der Waals surface area contributed by atoms with Crippen molar-refractivity contribution in [3.05, 3.63) is 36.2 Å². The van der Waals surface area contributed by atoms with E-state index in [2.05, 4.69) is 35.1 Å². The van der Waals surface area contributed by atoms with Crippen LogP contribution in [-0.2, 0) is 0 Å². The van der Waals surface area contributed by atoms with Crippen LogP contribution in [0.5, 0.6) is 0 Å². The van der Waals surface area contributed by atoms with Gasteiger partial charge in [-0.05, 0) is 18.6 Å². The molecule has 3 N–H and O–H groups in total. The highest BCUT2D eigenvalue weighted by Crippen LogP contribution is 2.28. The number of H-pyrrole nitrogens is 1. The van der Waals surface area contributed by atoms with E-state index in [1.807, 2.05) is 6.20 Å². The van der Waals surface area contributed by atoms with E-state index in [0.29, 0.717) is 0 Å². The number of nitrogens with zero attached hydrogens (tertiary/aromatic N) is 1. The normalized spacial score (nSPS) is 11.1. The first-order valence-electron chi connectivity index (χ1n) is 5.03. The van der Waals surface area contributed by atoms with Crippen molar-refractivity contribution in [2.45, 2.75) is 6.92 Å². The SMILES string of the molecule is Cc1ccc2c(-c3coc(N)n3)c[nH]c2c1. The van der Waals surface area contributed by atoms with Gasteiger partial charge < -0.3 is 15.1 Å². The van der Waals surface area contributed by atoms with Crippen LogP contribution in [0, 0.1) is 6.92 Å². The third kappa shape index (κ3) is 1.27. The lowest BCUT2D eigenvalue weighted by Gasteiger charge is -1.95. The van der Waals surface area contributed by atoms with Gasteiger partial charge >= 0.3 is 0 Å². The van der Waals surface area contributed by atoms with Gasteiger partial charge in [0, 0.05) is 22.7 Å². The third-order valence-electron chi connectivity index (χ3n) is 2.64. The number of nitrogen functional groups attached to an aromatic ring is 1. The lowest BCUT2D eigenvalue weighted by molar-refractivity contribution is 0.581. The number of aryl methyl sites for hydroxylation is 1. The minimum Gasteiger partial charge on any atom is -0.432 e. The van der Waals surface area contributed by atoms with Crippen molar-refractivity contribution < 1.29 is 4.42 Å². The number of anilines is 1. The average Bonchev–Trinajstić information content (AvgIpc) is 2.83. The quantitative estimate of drug-likeness (QED) is 0.653. The molecule has 0 fully saturated rings. The molecule has 4 nitrogen and oxygen atoms in total. The van der Waals surface area contributed by atoms with Crippen LogP contribution in [0.15, 0.2) is 35.1 Å². The molecule has 0 amide bonds. The summed E-state index contributed by atoms with van der Waals surface area (Å²) >= 11 is 0. The van der Waals surface area contributed by atoms with E-state index >= 15 is 0 Å². The molecule has 0 saturated heterocycles. The van der Waals surface area contributed by atoms with Gasteiger partial charge in [-0.15, -0.1) is 0 Å². The maximum atomic E-state index is 5.46. The molecule has 3 aromatic rings. The number of nitrogens with one attached hydrogen (secondary N) is 1. The van der Waals surface area contributed by atoms with Crippen LogP contribution in [0.3, 0.4) is 0 Å². The second kappa shape index (κ2) is 3.13. The first-order valence-corrected chi connectivity index (χ1v) is 5.03. The number of rotatable bonds is 1. The maximum Gasteiger partial charge on any atom is 0.292 e. The minimum absolute atomic E-state index is 0.191. The van der Waals surface area contributed by atoms with Crippen molar-refractivity contribution in [3.63, 3.8) is 0 Å².